The van der Waals surface area contributed by atoms with Gasteiger partial charge in [0.2, 0.25) is 5.91 Å². The number of benzene rings is 2. The number of amides is 2. The molecule has 3 aromatic rings. The lowest BCUT2D eigenvalue weighted by Crippen LogP contribution is -2.33. The first-order chi connectivity index (χ1) is 14.4. The third kappa shape index (κ3) is 4.77. The summed E-state index contributed by atoms with van der Waals surface area (Å²) < 4.78 is 10.5. The Bertz CT molecular complexity index is 1060. The number of hydrogen-bond donors (Lipinski definition) is 2. The number of rotatable bonds is 7. The van der Waals surface area contributed by atoms with Crippen LogP contribution in [0, 0.1) is 13.8 Å². The van der Waals surface area contributed by atoms with E-state index in [1.165, 1.54) is 11.3 Å². The summed E-state index contributed by atoms with van der Waals surface area (Å²) in [5, 5.41) is 7.78. The summed E-state index contributed by atoms with van der Waals surface area (Å²) in [6, 6.07) is 11.2. The van der Waals surface area contributed by atoms with E-state index in [-0.39, 0.29) is 18.1 Å². The molecular formula is C22H23N3O4S. The molecule has 0 fully saturated rings. The number of methoxy groups -OCH3 is 2. The van der Waals surface area contributed by atoms with Crippen LogP contribution in [0.25, 0.3) is 10.6 Å². The minimum Gasteiger partial charge on any atom is -0.493 e. The van der Waals surface area contributed by atoms with E-state index in [1.807, 2.05) is 38.1 Å². The number of nitrogens with one attached hydrogen (secondary N) is 2. The molecule has 1 aromatic heterocycles. The van der Waals surface area contributed by atoms with E-state index in [1.54, 1.807) is 31.7 Å². The number of nitrogens with zero attached hydrogens (tertiary/aromatic N) is 1. The van der Waals surface area contributed by atoms with Crippen LogP contribution in [-0.4, -0.2) is 37.6 Å². The van der Waals surface area contributed by atoms with Crippen molar-refractivity contribution in [1.29, 1.82) is 0 Å². The van der Waals surface area contributed by atoms with Gasteiger partial charge in [-0.25, -0.2) is 4.98 Å². The van der Waals surface area contributed by atoms with Gasteiger partial charge in [-0.2, -0.15) is 0 Å². The van der Waals surface area contributed by atoms with Crippen molar-refractivity contribution in [3.63, 3.8) is 0 Å². The Balaban J connectivity index is 1.63. The zero-order valence-corrected chi connectivity index (χ0v) is 18.1. The summed E-state index contributed by atoms with van der Waals surface area (Å²) >= 11 is 1.34. The summed E-state index contributed by atoms with van der Waals surface area (Å²) in [5.74, 6) is 0.496. The maximum absolute atomic E-state index is 12.4. The maximum Gasteiger partial charge on any atom is 0.271 e. The van der Waals surface area contributed by atoms with Gasteiger partial charge in [0.15, 0.2) is 11.5 Å². The molecule has 3 rings (SSSR count). The largest absolute Gasteiger partial charge is 0.493 e. The zero-order chi connectivity index (χ0) is 21.7. The van der Waals surface area contributed by atoms with Crippen molar-refractivity contribution in [2.45, 2.75) is 13.8 Å². The summed E-state index contributed by atoms with van der Waals surface area (Å²) in [4.78, 5) is 29.0. The SMILES string of the molecule is COc1ccc(-c2nc(C(=O)NCC(=O)Nc3c(C)cccc3C)cs2)cc1OC. The van der Waals surface area contributed by atoms with Crippen molar-refractivity contribution < 1.29 is 19.1 Å². The highest BCUT2D eigenvalue weighted by atomic mass is 32.1. The molecule has 0 aliphatic carbocycles. The first kappa shape index (κ1) is 21.3. The highest BCUT2D eigenvalue weighted by Gasteiger charge is 2.15. The van der Waals surface area contributed by atoms with Crippen molar-refractivity contribution in [1.82, 2.24) is 10.3 Å². The van der Waals surface area contributed by atoms with Gasteiger partial charge in [-0.15, -0.1) is 11.3 Å². The van der Waals surface area contributed by atoms with Gasteiger partial charge >= 0.3 is 0 Å². The Labute approximate surface area is 179 Å². The first-order valence-corrected chi connectivity index (χ1v) is 10.1. The molecule has 0 saturated heterocycles. The molecule has 0 bridgehead atoms. The summed E-state index contributed by atoms with van der Waals surface area (Å²) in [6.45, 7) is 3.70. The van der Waals surface area contributed by atoms with Gasteiger partial charge in [-0.1, -0.05) is 18.2 Å². The van der Waals surface area contributed by atoms with Crippen LogP contribution in [0.2, 0.25) is 0 Å². The molecule has 0 unspecified atom stereocenters. The van der Waals surface area contributed by atoms with E-state index in [4.69, 9.17) is 9.47 Å². The molecule has 1 heterocycles. The van der Waals surface area contributed by atoms with Crippen LogP contribution in [0.15, 0.2) is 41.8 Å². The monoisotopic (exact) mass is 425 g/mol. The van der Waals surface area contributed by atoms with Crippen LogP contribution in [0.3, 0.4) is 0 Å². The molecule has 0 radical (unpaired) electrons. The summed E-state index contributed by atoms with van der Waals surface area (Å²) in [5.41, 5.74) is 3.76. The minimum absolute atomic E-state index is 0.143. The van der Waals surface area contributed by atoms with Crippen LogP contribution < -0.4 is 20.1 Å². The third-order valence-electron chi connectivity index (χ3n) is 4.52. The normalized spacial score (nSPS) is 10.4. The molecule has 0 aliphatic rings. The number of carbonyl (C=O) groups is 2. The Kier molecular flexibility index (Phi) is 6.68. The first-order valence-electron chi connectivity index (χ1n) is 9.25. The van der Waals surface area contributed by atoms with E-state index in [2.05, 4.69) is 15.6 Å². The van der Waals surface area contributed by atoms with Crippen molar-refractivity contribution in [3.05, 3.63) is 58.6 Å². The lowest BCUT2D eigenvalue weighted by atomic mass is 10.1. The lowest BCUT2D eigenvalue weighted by Gasteiger charge is -2.11. The topological polar surface area (TPSA) is 89.5 Å². The Morgan fingerprint density at radius 2 is 1.73 bits per heavy atom. The second-order valence-electron chi connectivity index (χ2n) is 6.61. The molecule has 2 N–H and O–H groups in total. The van der Waals surface area contributed by atoms with E-state index in [9.17, 15) is 9.59 Å². The maximum atomic E-state index is 12.4. The number of aryl methyl sites for hydroxylation is 2. The van der Waals surface area contributed by atoms with E-state index >= 15 is 0 Å². The molecule has 30 heavy (non-hydrogen) atoms. The third-order valence-corrected chi connectivity index (χ3v) is 5.41. The van der Waals surface area contributed by atoms with E-state index in [0.29, 0.717) is 16.5 Å². The molecule has 156 valence electrons. The second kappa shape index (κ2) is 9.41. The predicted molar refractivity (Wildman–Crippen MR) is 118 cm³/mol. The van der Waals surface area contributed by atoms with Gasteiger partial charge in [0.05, 0.1) is 20.8 Å². The van der Waals surface area contributed by atoms with Gasteiger partial charge in [0, 0.05) is 16.6 Å². The Hall–Kier alpha value is -3.39. The van der Waals surface area contributed by atoms with Crippen LogP contribution in [0.1, 0.15) is 21.6 Å². The van der Waals surface area contributed by atoms with Crippen molar-refractivity contribution in [2.24, 2.45) is 0 Å². The van der Waals surface area contributed by atoms with Gasteiger partial charge in [0.1, 0.15) is 10.7 Å². The van der Waals surface area contributed by atoms with E-state index < -0.39 is 5.91 Å². The van der Waals surface area contributed by atoms with Gasteiger partial charge in [-0.3, -0.25) is 9.59 Å². The number of carbonyl (C=O) groups excluding carboxylic acids is 2. The fraction of sp³-hybridized carbons (Fsp3) is 0.227. The number of aromatic nitrogens is 1. The van der Waals surface area contributed by atoms with Crippen molar-refractivity contribution in [3.8, 4) is 22.1 Å². The Morgan fingerprint density at radius 3 is 2.40 bits per heavy atom. The predicted octanol–water partition coefficient (Wildman–Crippen LogP) is 3.81. The van der Waals surface area contributed by atoms with Crippen LogP contribution in [-0.2, 0) is 4.79 Å². The van der Waals surface area contributed by atoms with Gasteiger partial charge in [-0.05, 0) is 43.2 Å². The van der Waals surface area contributed by atoms with Crippen molar-refractivity contribution >= 4 is 28.8 Å². The van der Waals surface area contributed by atoms with Crippen molar-refractivity contribution in [2.75, 3.05) is 26.1 Å². The van der Waals surface area contributed by atoms with Crippen LogP contribution in [0.4, 0.5) is 5.69 Å². The molecule has 0 saturated carbocycles. The average molecular weight is 426 g/mol. The molecule has 7 nitrogen and oxygen atoms in total. The van der Waals surface area contributed by atoms with Crippen LogP contribution in [0.5, 0.6) is 11.5 Å². The summed E-state index contributed by atoms with van der Waals surface area (Å²) in [7, 11) is 3.13. The average Bonchev–Trinajstić information content (AvgIpc) is 3.24. The van der Waals surface area contributed by atoms with Crippen LogP contribution >= 0.6 is 11.3 Å². The number of hydrogen-bond acceptors (Lipinski definition) is 6. The standard InChI is InChI=1S/C22H23N3O4S/c1-13-6-5-7-14(2)20(13)25-19(26)11-23-21(27)16-12-30-22(24-16)15-8-9-17(28-3)18(10-15)29-4/h5-10,12H,11H2,1-4H3,(H,23,27)(H,25,26). The number of thiazole rings is 1. The minimum atomic E-state index is -0.408. The smallest absolute Gasteiger partial charge is 0.271 e. The molecule has 0 spiro atoms. The Morgan fingerprint density at radius 1 is 1.03 bits per heavy atom. The number of anilines is 1. The molecule has 8 heteroatoms. The number of para-hydroxylation sites is 1. The summed E-state index contributed by atoms with van der Waals surface area (Å²) in [6.07, 6.45) is 0. The fourth-order valence-corrected chi connectivity index (χ4v) is 3.72. The van der Waals surface area contributed by atoms with E-state index in [0.717, 1.165) is 22.4 Å². The quantitative estimate of drug-likeness (QED) is 0.601. The molecule has 2 amide bonds. The van der Waals surface area contributed by atoms with Gasteiger partial charge in [0.25, 0.3) is 5.91 Å². The molecule has 0 aliphatic heterocycles. The fourth-order valence-electron chi connectivity index (χ4n) is 2.93. The highest BCUT2D eigenvalue weighted by molar-refractivity contribution is 7.13. The molecular weight excluding hydrogens is 402 g/mol. The molecule has 0 atom stereocenters. The molecule has 2 aromatic carbocycles. The van der Waals surface area contributed by atoms with Gasteiger partial charge < -0.3 is 20.1 Å². The lowest BCUT2D eigenvalue weighted by molar-refractivity contribution is -0.115. The highest BCUT2D eigenvalue weighted by Crippen LogP contribution is 2.33. The number of ether oxygens (including phenoxy) is 2. The zero-order valence-electron chi connectivity index (χ0n) is 17.2. The second-order valence-corrected chi connectivity index (χ2v) is 7.46.